The Morgan fingerprint density at radius 3 is 2.36 bits per heavy atom. The van der Waals surface area contributed by atoms with Gasteiger partial charge < -0.3 is 14.2 Å². The van der Waals surface area contributed by atoms with E-state index in [4.69, 9.17) is 4.74 Å². The predicted molar refractivity (Wildman–Crippen MR) is 122 cm³/mol. The molecule has 0 aliphatic heterocycles. The van der Waals surface area contributed by atoms with Crippen molar-refractivity contribution in [3.63, 3.8) is 0 Å². The molecule has 1 heterocycles. The maximum Gasteiger partial charge on any atom is 0.415 e. The van der Waals surface area contributed by atoms with Crippen molar-refractivity contribution >= 4 is 17.0 Å². The van der Waals surface area contributed by atoms with Gasteiger partial charge >= 0.3 is 6.09 Å². The smallest absolute Gasteiger partial charge is 0.410 e. The molecule has 1 amide bonds. The molecular weight excluding hydrogens is 429 g/mol. The zero-order chi connectivity index (χ0) is 23.5. The summed E-state index contributed by atoms with van der Waals surface area (Å²) in [5, 5.41) is 0.739. The molecule has 0 unspecified atom stereocenters. The molecule has 170 valence electrons. The number of aromatic nitrogens is 1. The van der Waals surface area contributed by atoms with E-state index in [1.165, 1.54) is 24.3 Å². The van der Waals surface area contributed by atoms with Crippen molar-refractivity contribution in [1.29, 1.82) is 0 Å². The van der Waals surface area contributed by atoms with E-state index >= 15 is 0 Å². The van der Waals surface area contributed by atoms with Gasteiger partial charge in [-0.05, 0) is 55.8 Å². The number of fused-ring (bicyclic) bond motifs is 1. The maximum absolute atomic E-state index is 14.2. The number of benzene rings is 3. The van der Waals surface area contributed by atoms with Crippen LogP contribution in [0.4, 0.5) is 18.0 Å². The highest BCUT2D eigenvalue weighted by Gasteiger charge is 2.19. The third-order valence-electron chi connectivity index (χ3n) is 5.64. The highest BCUT2D eigenvalue weighted by Crippen LogP contribution is 2.38. The van der Waals surface area contributed by atoms with E-state index in [1.807, 2.05) is 19.9 Å². The van der Waals surface area contributed by atoms with Gasteiger partial charge in [-0.3, -0.25) is 0 Å². The molecule has 0 atom stereocenters. The zero-order valence-electron chi connectivity index (χ0n) is 18.3. The standard InChI is InChI=1S/C26H23F3N2O2/c1-3-30(4-2)26(32)33-23-13-12-22-20(24(23)17-8-10-19(27)11-9-17)14-15-31(22)16-18-6-5-7-21(28)25(18)29/h5-15H,3-4,16H2,1-2H3. The quantitative estimate of drug-likeness (QED) is 0.330. The fourth-order valence-corrected chi connectivity index (χ4v) is 3.88. The Morgan fingerprint density at radius 1 is 0.939 bits per heavy atom. The van der Waals surface area contributed by atoms with Crippen LogP contribution in [-0.4, -0.2) is 28.6 Å². The first-order valence-electron chi connectivity index (χ1n) is 10.7. The van der Waals surface area contributed by atoms with Gasteiger partial charge in [0.05, 0.1) is 6.54 Å². The molecule has 1 aromatic heterocycles. The average Bonchev–Trinajstić information content (AvgIpc) is 3.21. The summed E-state index contributed by atoms with van der Waals surface area (Å²) in [4.78, 5) is 14.2. The number of halogens is 3. The second-order valence-corrected chi connectivity index (χ2v) is 7.58. The van der Waals surface area contributed by atoms with E-state index < -0.39 is 17.7 Å². The van der Waals surface area contributed by atoms with Gasteiger partial charge in [0.1, 0.15) is 11.6 Å². The van der Waals surface area contributed by atoms with Crippen molar-refractivity contribution < 1.29 is 22.7 Å². The first-order chi connectivity index (χ1) is 15.9. The molecule has 4 nitrogen and oxygen atoms in total. The second-order valence-electron chi connectivity index (χ2n) is 7.58. The average molecular weight is 452 g/mol. The van der Waals surface area contributed by atoms with Gasteiger partial charge in [0.15, 0.2) is 11.6 Å². The number of carbonyl (C=O) groups excluding carboxylic acids is 1. The fraction of sp³-hybridized carbons (Fsp3) is 0.192. The van der Waals surface area contributed by atoms with Crippen LogP contribution in [0.3, 0.4) is 0 Å². The predicted octanol–water partition coefficient (Wildman–Crippen LogP) is 6.61. The molecule has 3 aromatic carbocycles. The third kappa shape index (κ3) is 4.44. The molecular formula is C26H23F3N2O2. The van der Waals surface area contributed by atoms with E-state index in [0.717, 1.165) is 17.0 Å². The minimum atomic E-state index is -0.901. The van der Waals surface area contributed by atoms with Crippen molar-refractivity contribution in [2.75, 3.05) is 13.1 Å². The number of amides is 1. The highest BCUT2D eigenvalue weighted by atomic mass is 19.2. The molecule has 4 rings (SSSR count). The summed E-state index contributed by atoms with van der Waals surface area (Å²) in [5.74, 6) is -1.84. The van der Waals surface area contributed by atoms with Crippen LogP contribution in [0.15, 0.2) is 66.9 Å². The molecule has 33 heavy (non-hydrogen) atoms. The molecule has 0 saturated carbocycles. The Labute approximate surface area is 189 Å². The van der Waals surface area contributed by atoms with Crippen molar-refractivity contribution in [1.82, 2.24) is 9.47 Å². The van der Waals surface area contributed by atoms with Gasteiger partial charge in [-0.25, -0.2) is 18.0 Å². The van der Waals surface area contributed by atoms with Gasteiger partial charge in [-0.1, -0.05) is 24.3 Å². The van der Waals surface area contributed by atoms with Gasteiger partial charge in [0.2, 0.25) is 0 Å². The Bertz CT molecular complexity index is 1300. The summed E-state index contributed by atoms with van der Waals surface area (Å²) in [6.45, 7) is 4.84. The number of carbonyl (C=O) groups is 1. The van der Waals surface area contributed by atoms with Crippen LogP contribution in [0.1, 0.15) is 19.4 Å². The summed E-state index contributed by atoms with van der Waals surface area (Å²) < 4.78 is 49.0. The molecule has 4 aromatic rings. The van der Waals surface area contributed by atoms with E-state index in [2.05, 4.69) is 0 Å². The topological polar surface area (TPSA) is 34.5 Å². The third-order valence-corrected chi connectivity index (χ3v) is 5.64. The Kier molecular flexibility index (Phi) is 6.40. The second kappa shape index (κ2) is 9.40. The molecule has 0 aliphatic rings. The Hall–Kier alpha value is -3.74. The lowest BCUT2D eigenvalue weighted by atomic mass is 10.0. The lowest BCUT2D eigenvalue weighted by Gasteiger charge is -2.20. The molecule has 0 N–H and O–H groups in total. The summed E-state index contributed by atoms with van der Waals surface area (Å²) in [6, 6.07) is 15.2. The maximum atomic E-state index is 14.2. The van der Waals surface area contributed by atoms with Crippen LogP contribution in [0.25, 0.3) is 22.0 Å². The number of hydrogen-bond acceptors (Lipinski definition) is 2. The molecule has 0 saturated heterocycles. The molecule has 0 fully saturated rings. The normalized spacial score (nSPS) is 11.1. The van der Waals surface area contributed by atoms with Gasteiger partial charge in [0.25, 0.3) is 0 Å². The van der Waals surface area contributed by atoms with Gasteiger partial charge in [0, 0.05) is 41.3 Å². The van der Waals surface area contributed by atoms with Crippen LogP contribution in [0, 0.1) is 17.5 Å². The first-order valence-corrected chi connectivity index (χ1v) is 10.7. The molecule has 0 bridgehead atoms. The summed E-state index contributed by atoms with van der Waals surface area (Å²) >= 11 is 0. The fourth-order valence-electron chi connectivity index (χ4n) is 3.88. The van der Waals surface area contributed by atoms with E-state index in [0.29, 0.717) is 30.0 Å². The monoisotopic (exact) mass is 452 g/mol. The number of hydrogen-bond donors (Lipinski definition) is 0. The van der Waals surface area contributed by atoms with Crippen LogP contribution < -0.4 is 4.74 Å². The summed E-state index contributed by atoms with van der Waals surface area (Å²) in [6.07, 6.45) is 1.28. The van der Waals surface area contributed by atoms with E-state index in [9.17, 15) is 18.0 Å². The molecule has 0 radical (unpaired) electrons. The Morgan fingerprint density at radius 2 is 1.67 bits per heavy atom. The molecule has 7 heteroatoms. The highest BCUT2D eigenvalue weighted by molar-refractivity contribution is 5.99. The Balaban J connectivity index is 1.82. The lowest BCUT2D eigenvalue weighted by Crippen LogP contribution is -2.33. The van der Waals surface area contributed by atoms with Crippen molar-refractivity contribution in [2.24, 2.45) is 0 Å². The SMILES string of the molecule is CCN(CC)C(=O)Oc1ccc2c(ccn2Cc2cccc(F)c2F)c1-c1ccc(F)cc1. The summed E-state index contributed by atoms with van der Waals surface area (Å²) in [5.41, 5.74) is 2.24. The summed E-state index contributed by atoms with van der Waals surface area (Å²) in [7, 11) is 0. The lowest BCUT2D eigenvalue weighted by molar-refractivity contribution is 0.157. The van der Waals surface area contributed by atoms with E-state index in [-0.39, 0.29) is 17.9 Å². The minimum Gasteiger partial charge on any atom is -0.410 e. The number of rotatable bonds is 6. The zero-order valence-corrected chi connectivity index (χ0v) is 18.3. The van der Waals surface area contributed by atoms with Crippen LogP contribution in [0.5, 0.6) is 5.75 Å². The van der Waals surface area contributed by atoms with Crippen LogP contribution >= 0.6 is 0 Å². The van der Waals surface area contributed by atoms with Crippen molar-refractivity contribution in [3.05, 3.63) is 89.9 Å². The minimum absolute atomic E-state index is 0.120. The number of nitrogens with zero attached hydrogens (tertiary/aromatic N) is 2. The van der Waals surface area contributed by atoms with Gasteiger partial charge in [-0.2, -0.15) is 0 Å². The first kappa shape index (κ1) is 22.5. The molecule has 0 spiro atoms. The van der Waals surface area contributed by atoms with Crippen molar-refractivity contribution in [2.45, 2.75) is 20.4 Å². The van der Waals surface area contributed by atoms with Gasteiger partial charge in [-0.15, -0.1) is 0 Å². The largest absolute Gasteiger partial charge is 0.415 e. The molecule has 0 aliphatic carbocycles. The number of ether oxygens (including phenoxy) is 1. The van der Waals surface area contributed by atoms with Crippen LogP contribution in [-0.2, 0) is 6.54 Å². The van der Waals surface area contributed by atoms with E-state index in [1.54, 1.807) is 39.9 Å². The van der Waals surface area contributed by atoms with Crippen LogP contribution in [0.2, 0.25) is 0 Å². The van der Waals surface area contributed by atoms with Crippen molar-refractivity contribution in [3.8, 4) is 16.9 Å².